The van der Waals surface area contributed by atoms with Crippen molar-refractivity contribution < 1.29 is 9.53 Å². The van der Waals surface area contributed by atoms with Crippen molar-refractivity contribution in [2.45, 2.75) is 13.5 Å². The van der Waals surface area contributed by atoms with E-state index < -0.39 is 5.97 Å². The van der Waals surface area contributed by atoms with Crippen molar-refractivity contribution in [1.82, 2.24) is 19.5 Å². The molecule has 0 atom stereocenters. The molecule has 27 heavy (non-hydrogen) atoms. The number of carbonyl (C=O) groups is 1. The van der Waals surface area contributed by atoms with Gasteiger partial charge < -0.3 is 20.4 Å². The molecule has 0 amide bonds. The van der Waals surface area contributed by atoms with Gasteiger partial charge in [-0.05, 0) is 13.0 Å². The Morgan fingerprint density at radius 1 is 1.48 bits per heavy atom. The highest BCUT2D eigenvalue weighted by Gasteiger charge is 2.13. The van der Waals surface area contributed by atoms with Crippen LogP contribution in [0.25, 0.3) is 11.0 Å². The SMILES string of the molecule is CCOC(=O)c1nc(Cn2ccc3cnc(N/C(C=NC)=C/N)nc32)cs1. The Hall–Kier alpha value is -3.27. The quantitative estimate of drug-likeness (QED) is 0.471. The fourth-order valence-electron chi connectivity index (χ4n) is 2.38. The van der Waals surface area contributed by atoms with Gasteiger partial charge in [-0.2, -0.15) is 4.98 Å². The highest BCUT2D eigenvalue weighted by molar-refractivity contribution is 7.11. The third-order valence-electron chi connectivity index (χ3n) is 3.54. The molecule has 140 valence electrons. The molecular formula is C17H19N7O2S. The number of aromatic nitrogens is 4. The minimum Gasteiger partial charge on any atom is -0.461 e. The molecule has 3 aromatic heterocycles. The maximum Gasteiger partial charge on any atom is 0.367 e. The fourth-order valence-corrected chi connectivity index (χ4v) is 3.08. The maximum absolute atomic E-state index is 11.8. The van der Waals surface area contributed by atoms with Crippen molar-refractivity contribution in [3.05, 3.63) is 46.4 Å². The van der Waals surface area contributed by atoms with Gasteiger partial charge in [0.15, 0.2) is 0 Å². The molecule has 10 heteroatoms. The maximum atomic E-state index is 11.8. The molecular weight excluding hydrogens is 366 g/mol. The average molecular weight is 385 g/mol. The Bertz CT molecular complexity index is 1010. The molecule has 0 fully saturated rings. The van der Waals surface area contributed by atoms with Gasteiger partial charge in [-0.3, -0.25) is 4.99 Å². The van der Waals surface area contributed by atoms with Gasteiger partial charge in [-0.1, -0.05) is 0 Å². The molecule has 0 saturated heterocycles. The number of esters is 1. The Kier molecular flexibility index (Phi) is 5.77. The van der Waals surface area contributed by atoms with Gasteiger partial charge in [0.25, 0.3) is 0 Å². The van der Waals surface area contributed by atoms with Crippen molar-refractivity contribution in [3.8, 4) is 0 Å². The Morgan fingerprint density at radius 2 is 2.33 bits per heavy atom. The van der Waals surface area contributed by atoms with Crippen molar-refractivity contribution >= 4 is 40.5 Å². The molecule has 0 spiro atoms. The largest absolute Gasteiger partial charge is 0.461 e. The lowest BCUT2D eigenvalue weighted by atomic mass is 10.4. The predicted octanol–water partition coefficient (Wildman–Crippen LogP) is 2.03. The molecule has 0 unspecified atom stereocenters. The number of anilines is 1. The zero-order chi connectivity index (χ0) is 19.2. The van der Waals surface area contributed by atoms with E-state index in [1.54, 1.807) is 26.4 Å². The predicted molar refractivity (Wildman–Crippen MR) is 105 cm³/mol. The second-order valence-corrected chi connectivity index (χ2v) is 6.27. The molecule has 0 aliphatic rings. The van der Waals surface area contributed by atoms with Gasteiger partial charge in [0, 0.05) is 42.6 Å². The number of ether oxygens (including phenoxy) is 1. The summed E-state index contributed by atoms with van der Waals surface area (Å²) in [5.74, 6) is 0.00292. The normalized spacial score (nSPS) is 12.0. The minimum absolute atomic E-state index is 0.324. The van der Waals surface area contributed by atoms with Crippen LogP contribution in [0.2, 0.25) is 0 Å². The Morgan fingerprint density at radius 3 is 3.07 bits per heavy atom. The van der Waals surface area contributed by atoms with Gasteiger partial charge in [0.05, 0.1) is 24.5 Å². The van der Waals surface area contributed by atoms with Gasteiger partial charge in [-0.25, -0.2) is 14.8 Å². The van der Waals surface area contributed by atoms with Gasteiger partial charge in [0.2, 0.25) is 11.0 Å². The average Bonchev–Trinajstić information content (AvgIpc) is 3.29. The third-order valence-corrected chi connectivity index (χ3v) is 4.41. The molecule has 3 rings (SSSR count). The molecule has 3 aromatic rings. The van der Waals surface area contributed by atoms with E-state index in [1.165, 1.54) is 17.5 Å². The first-order valence-electron chi connectivity index (χ1n) is 8.19. The van der Waals surface area contributed by atoms with E-state index in [0.717, 1.165) is 16.7 Å². The summed E-state index contributed by atoms with van der Waals surface area (Å²) in [6.07, 6.45) is 6.60. The van der Waals surface area contributed by atoms with E-state index in [-0.39, 0.29) is 0 Å². The zero-order valence-corrected chi connectivity index (χ0v) is 15.7. The van der Waals surface area contributed by atoms with E-state index in [2.05, 4.69) is 25.3 Å². The fraction of sp³-hybridized carbons (Fsp3) is 0.235. The van der Waals surface area contributed by atoms with Crippen LogP contribution in [0.15, 0.2) is 40.7 Å². The van der Waals surface area contributed by atoms with E-state index in [4.69, 9.17) is 10.5 Å². The van der Waals surface area contributed by atoms with Crippen LogP contribution in [0.5, 0.6) is 0 Å². The summed E-state index contributed by atoms with van der Waals surface area (Å²) in [4.78, 5) is 28.8. The number of carbonyl (C=O) groups excluding carboxylic acids is 1. The molecule has 0 bridgehead atoms. The number of nitrogens with two attached hydrogens (primary N) is 1. The van der Waals surface area contributed by atoms with Crippen LogP contribution in [0, 0.1) is 0 Å². The lowest BCUT2D eigenvalue weighted by Gasteiger charge is -2.06. The first-order chi connectivity index (χ1) is 13.1. The number of thiazole rings is 1. The number of nitrogens with zero attached hydrogens (tertiary/aromatic N) is 5. The first-order valence-corrected chi connectivity index (χ1v) is 9.07. The van der Waals surface area contributed by atoms with Crippen molar-refractivity contribution in [3.63, 3.8) is 0 Å². The Balaban J connectivity index is 1.83. The van der Waals surface area contributed by atoms with Gasteiger partial charge in [-0.15, -0.1) is 11.3 Å². The van der Waals surface area contributed by atoms with Crippen LogP contribution in [0.3, 0.4) is 0 Å². The van der Waals surface area contributed by atoms with Crippen LogP contribution in [-0.2, 0) is 11.3 Å². The van der Waals surface area contributed by atoms with E-state index in [0.29, 0.717) is 29.8 Å². The molecule has 0 aliphatic carbocycles. The number of rotatable bonds is 7. The highest BCUT2D eigenvalue weighted by Crippen LogP contribution is 2.18. The zero-order valence-electron chi connectivity index (χ0n) is 14.9. The molecule has 9 nitrogen and oxygen atoms in total. The van der Waals surface area contributed by atoms with Crippen LogP contribution in [-0.4, -0.2) is 45.4 Å². The molecule has 0 saturated carbocycles. The second kappa shape index (κ2) is 8.41. The second-order valence-electron chi connectivity index (χ2n) is 5.41. The van der Waals surface area contributed by atoms with Crippen LogP contribution in [0.1, 0.15) is 22.4 Å². The minimum atomic E-state index is -0.404. The standard InChI is InChI=1S/C17H19N7O2S/c1-3-26-16(25)15-21-13(10-27-15)9-24-5-4-11-7-20-17(23-14(11)24)22-12(6-18)8-19-2/h4-8,10H,3,9,18H2,1-2H3,(H,20,22,23)/b12-6+,19-8?. The van der Waals surface area contributed by atoms with E-state index in [9.17, 15) is 4.79 Å². The third kappa shape index (κ3) is 4.29. The summed E-state index contributed by atoms with van der Waals surface area (Å²) >= 11 is 1.26. The Labute approximate surface area is 159 Å². The van der Waals surface area contributed by atoms with E-state index >= 15 is 0 Å². The van der Waals surface area contributed by atoms with Crippen molar-refractivity contribution in [2.75, 3.05) is 19.0 Å². The summed E-state index contributed by atoms with van der Waals surface area (Å²) < 4.78 is 6.91. The number of allylic oxidation sites excluding steroid dienone is 1. The monoisotopic (exact) mass is 385 g/mol. The topological polar surface area (TPSA) is 120 Å². The number of hydrogen-bond acceptors (Lipinski definition) is 9. The molecule has 3 N–H and O–H groups in total. The number of hydrogen-bond donors (Lipinski definition) is 2. The van der Waals surface area contributed by atoms with Crippen LogP contribution >= 0.6 is 11.3 Å². The summed E-state index contributed by atoms with van der Waals surface area (Å²) in [6.45, 7) is 2.57. The molecule has 3 heterocycles. The molecule has 0 aromatic carbocycles. The summed E-state index contributed by atoms with van der Waals surface area (Å²) in [5.41, 5.74) is 7.65. The molecule has 0 aliphatic heterocycles. The molecule has 0 radical (unpaired) electrons. The van der Waals surface area contributed by atoms with Crippen LogP contribution < -0.4 is 11.1 Å². The van der Waals surface area contributed by atoms with Crippen molar-refractivity contribution in [1.29, 1.82) is 0 Å². The van der Waals surface area contributed by atoms with Gasteiger partial charge in [0.1, 0.15) is 5.65 Å². The summed E-state index contributed by atoms with van der Waals surface area (Å²) in [5, 5.41) is 6.09. The first kappa shape index (κ1) is 18.5. The number of aliphatic imine (C=N–C) groups is 1. The number of fused-ring (bicyclic) bond motifs is 1. The highest BCUT2D eigenvalue weighted by atomic mass is 32.1. The smallest absolute Gasteiger partial charge is 0.367 e. The van der Waals surface area contributed by atoms with Crippen molar-refractivity contribution in [2.24, 2.45) is 10.7 Å². The summed E-state index contributed by atoms with van der Waals surface area (Å²) in [7, 11) is 1.65. The van der Waals surface area contributed by atoms with Gasteiger partial charge >= 0.3 is 5.97 Å². The lowest BCUT2D eigenvalue weighted by molar-refractivity contribution is 0.0525. The van der Waals surface area contributed by atoms with E-state index in [1.807, 2.05) is 22.2 Å². The summed E-state index contributed by atoms with van der Waals surface area (Å²) in [6, 6.07) is 1.92. The number of nitrogens with one attached hydrogen (secondary N) is 1. The lowest BCUT2D eigenvalue weighted by Crippen LogP contribution is -2.08. The van der Waals surface area contributed by atoms with Crippen LogP contribution in [0.4, 0.5) is 5.95 Å².